The second-order valence-electron chi connectivity index (χ2n) is 15.6. The van der Waals surface area contributed by atoms with E-state index in [1.54, 1.807) is 41.5 Å². The molecule has 1 aliphatic rings. The first-order valence-corrected chi connectivity index (χ1v) is 18.3. The molecule has 1 unspecified atom stereocenters. The molecule has 1 saturated heterocycles. The number of rotatable bonds is 11. The summed E-state index contributed by atoms with van der Waals surface area (Å²) in [6.07, 6.45) is -10.6. The number of alkyl halides is 6. The molecule has 60 heavy (non-hydrogen) atoms. The topological polar surface area (TPSA) is 214 Å². The number of anilines is 4. The van der Waals surface area contributed by atoms with Crippen molar-refractivity contribution in [1.29, 1.82) is 0 Å². The Morgan fingerprint density at radius 1 is 0.783 bits per heavy atom. The predicted octanol–water partition coefficient (Wildman–Crippen LogP) is 7.21. The van der Waals surface area contributed by atoms with Crippen LogP contribution in [-0.2, 0) is 21.8 Å². The number of hydrogen-bond acceptors (Lipinski definition) is 12. The van der Waals surface area contributed by atoms with E-state index in [4.69, 9.17) is 30.4 Å². The largest absolute Gasteiger partial charge is 0.489 e. The van der Waals surface area contributed by atoms with E-state index >= 15 is 0 Å². The van der Waals surface area contributed by atoms with E-state index in [2.05, 4.69) is 20.6 Å². The Kier molecular flexibility index (Phi) is 13.9. The number of halogens is 6. The van der Waals surface area contributed by atoms with Gasteiger partial charge in [0.2, 0.25) is 0 Å². The number of benzene rings is 2. The van der Waals surface area contributed by atoms with Gasteiger partial charge in [-0.15, -0.1) is 0 Å². The smallest absolute Gasteiger partial charge is 0.416 e. The molecule has 1 atom stereocenters. The summed E-state index contributed by atoms with van der Waals surface area (Å²) >= 11 is 0. The molecule has 1 aliphatic heterocycles. The fraction of sp³-hybridized carbons (Fsp3) is 0.474. The monoisotopic (exact) mass is 856 g/mol. The average Bonchev–Trinajstić information content (AvgIpc) is 3.59. The van der Waals surface area contributed by atoms with Gasteiger partial charge >= 0.3 is 24.5 Å². The highest BCUT2D eigenvalue weighted by Gasteiger charge is 2.36. The van der Waals surface area contributed by atoms with Crippen molar-refractivity contribution < 1.29 is 64.5 Å². The number of nitrogen functional groups attached to an aromatic ring is 2. The summed E-state index contributed by atoms with van der Waals surface area (Å²) in [6.45, 7) is 10.2. The van der Waals surface area contributed by atoms with Crippen molar-refractivity contribution >= 4 is 46.8 Å². The number of hydrogen-bond donors (Lipinski definition) is 4. The molecule has 22 heteroatoms. The normalized spacial score (nSPS) is 14.6. The summed E-state index contributed by atoms with van der Waals surface area (Å²) in [7, 11) is 1.48. The Morgan fingerprint density at radius 2 is 1.28 bits per heavy atom. The van der Waals surface area contributed by atoms with Crippen molar-refractivity contribution in [2.45, 2.75) is 84.0 Å². The van der Waals surface area contributed by atoms with E-state index in [1.165, 1.54) is 16.8 Å². The van der Waals surface area contributed by atoms with E-state index in [0.29, 0.717) is 24.3 Å². The Morgan fingerprint density at radius 3 is 1.78 bits per heavy atom. The van der Waals surface area contributed by atoms with Crippen LogP contribution in [0.2, 0.25) is 0 Å². The van der Waals surface area contributed by atoms with E-state index in [-0.39, 0.29) is 50.6 Å². The number of nitrogens with one attached hydrogen (secondary N) is 2. The zero-order valence-corrected chi connectivity index (χ0v) is 33.8. The van der Waals surface area contributed by atoms with Crippen LogP contribution in [0.25, 0.3) is 0 Å². The highest BCUT2D eigenvalue weighted by molar-refractivity contribution is 6.08. The van der Waals surface area contributed by atoms with Gasteiger partial charge in [-0.3, -0.25) is 9.59 Å². The van der Waals surface area contributed by atoms with Crippen molar-refractivity contribution in [3.05, 3.63) is 59.2 Å². The first-order valence-electron chi connectivity index (χ1n) is 18.3. The molecule has 4 amide bonds. The van der Waals surface area contributed by atoms with Crippen LogP contribution in [0.1, 0.15) is 86.5 Å². The molecular weight excluding hydrogens is 810 g/mol. The fourth-order valence-corrected chi connectivity index (χ4v) is 5.48. The van der Waals surface area contributed by atoms with Gasteiger partial charge in [-0.05, 0) is 72.2 Å². The van der Waals surface area contributed by atoms with Crippen molar-refractivity contribution in [3.63, 3.8) is 0 Å². The van der Waals surface area contributed by atoms with Crippen LogP contribution >= 0.6 is 0 Å². The highest BCUT2D eigenvalue weighted by Crippen LogP contribution is 2.42. The molecule has 2 heterocycles. The molecule has 3 aromatic rings. The molecule has 328 valence electrons. The minimum atomic E-state index is -4.90. The quantitative estimate of drug-likeness (QED) is 0.0856. The van der Waals surface area contributed by atoms with Crippen molar-refractivity contribution in [2.24, 2.45) is 0 Å². The van der Waals surface area contributed by atoms with Gasteiger partial charge in [0, 0.05) is 32.6 Å². The molecule has 16 nitrogen and oxygen atoms in total. The molecule has 6 N–H and O–H groups in total. The first kappa shape index (κ1) is 46.5. The summed E-state index contributed by atoms with van der Waals surface area (Å²) in [5, 5.41) is 4.51. The highest BCUT2D eigenvalue weighted by atomic mass is 19.4. The second-order valence-corrected chi connectivity index (χ2v) is 15.6. The van der Waals surface area contributed by atoms with Gasteiger partial charge in [-0.2, -0.15) is 26.3 Å². The maximum absolute atomic E-state index is 13.9. The minimum Gasteiger partial charge on any atom is -0.489 e. The lowest BCUT2D eigenvalue weighted by Gasteiger charge is -2.25. The summed E-state index contributed by atoms with van der Waals surface area (Å²) in [6, 6.07) is 3.20. The number of ether oxygens (including phenoxy) is 4. The molecule has 2 aromatic carbocycles. The Bertz CT molecular complexity index is 2090. The van der Waals surface area contributed by atoms with Crippen molar-refractivity contribution in [1.82, 2.24) is 19.8 Å². The third kappa shape index (κ3) is 12.9. The SMILES string of the molecule is CN(CCCOc1c(N)cc(C(F)(F)F)cc1NC(=O)c1cc(C(=O)Nc2cc(C(F)(F)F)cc(N)c2OC2CCN(C(=O)OC(C)(C)C)C2)ncn1)C(=O)OC(C)(C)C. The van der Waals surface area contributed by atoms with Crippen LogP contribution in [-0.4, -0.2) is 94.4 Å². The van der Waals surface area contributed by atoms with Gasteiger partial charge in [0.15, 0.2) is 11.5 Å². The standard InChI is InChI=1S/C38H46F6N8O8/c1-35(2,3)59-33(55)51(7)10-8-12-57-29-23(45)13-20(37(39,40)41)15-25(29)49-31(53)27-17-28(48-19-47-27)32(54)50-26-16-21(38(42,43)44)14-24(46)30(26)58-22-9-11-52(18-22)34(56)60-36(4,5)6/h13-17,19,22H,8-12,18,45-46H2,1-7H3,(H,49,53)(H,50,54). The lowest BCUT2D eigenvalue weighted by molar-refractivity contribution is -0.138. The van der Waals surface area contributed by atoms with Gasteiger partial charge < -0.3 is 50.8 Å². The van der Waals surface area contributed by atoms with E-state index < -0.39 is 98.9 Å². The van der Waals surface area contributed by atoms with Crippen LogP contribution in [0.4, 0.5) is 58.7 Å². The van der Waals surface area contributed by atoms with Crippen molar-refractivity contribution in [3.8, 4) is 11.5 Å². The maximum atomic E-state index is 13.9. The van der Waals surface area contributed by atoms with Gasteiger partial charge in [0.05, 0.1) is 47.0 Å². The molecule has 1 aromatic heterocycles. The maximum Gasteiger partial charge on any atom is 0.416 e. The first-order chi connectivity index (χ1) is 27.6. The molecule has 1 fully saturated rings. The van der Waals surface area contributed by atoms with E-state index in [1.807, 2.05) is 0 Å². The number of aromatic nitrogens is 2. The molecule has 4 rings (SSSR count). The summed E-state index contributed by atoms with van der Waals surface area (Å²) < 4.78 is 105. The van der Waals surface area contributed by atoms with E-state index in [0.717, 1.165) is 12.4 Å². The molecule has 0 saturated carbocycles. The lowest BCUT2D eigenvalue weighted by atomic mass is 10.1. The van der Waals surface area contributed by atoms with Gasteiger partial charge in [0.1, 0.15) is 35.0 Å². The van der Waals surface area contributed by atoms with Gasteiger partial charge in [-0.25, -0.2) is 19.6 Å². The summed E-state index contributed by atoms with van der Waals surface area (Å²) in [5.74, 6) is -2.98. The fourth-order valence-electron chi connectivity index (χ4n) is 5.48. The van der Waals surface area contributed by atoms with Crippen LogP contribution in [0.15, 0.2) is 36.7 Å². The lowest BCUT2D eigenvalue weighted by Crippen LogP contribution is -2.36. The van der Waals surface area contributed by atoms with Crippen LogP contribution < -0.4 is 31.6 Å². The van der Waals surface area contributed by atoms with Crippen molar-refractivity contribution in [2.75, 3.05) is 55.4 Å². The van der Waals surface area contributed by atoms with Crippen LogP contribution in [0.3, 0.4) is 0 Å². The number of likely N-dealkylation sites (tertiary alicyclic amines) is 1. The number of nitrogens with two attached hydrogens (primary N) is 2. The minimum absolute atomic E-state index is 0.0110. The van der Waals surface area contributed by atoms with Gasteiger partial charge in [0.25, 0.3) is 11.8 Å². The summed E-state index contributed by atoms with van der Waals surface area (Å²) in [5.41, 5.74) is 4.79. The Hall–Kier alpha value is -6.22. The number of nitrogens with zero attached hydrogens (tertiary/aromatic N) is 4. The Balaban J connectivity index is 1.55. The zero-order chi connectivity index (χ0) is 45.0. The average molecular weight is 857 g/mol. The second kappa shape index (κ2) is 18.0. The Labute approximate surface area is 340 Å². The number of carbonyl (C=O) groups excluding carboxylic acids is 4. The molecule has 0 bridgehead atoms. The molecule has 0 radical (unpaired) electrons. The summed E-state index contributed by atoms with van der Waals surface area (Å²) in [4.78, 5) is 61.9. The predicted molar refractivity (Wildman–Crippen MR) is 205 cm³/mol. The van der Waals surface area contributed by atoms with Crippen LogP contribution in [0, 0.1) is 0 Å². The molecular formula is C38H46F6N8O8. The molecule has 0 aliphatic carbocycles. The number of carbonyl (C=O) groups is 4. The van der Waals surface area contributed by atoms with Crippen LogP contribution in [0.5, 0.6) is 11.5 Å². The van der Waals surface area contributed by atoms with Gasteiger partial charge in [-0.1, -0.05) is 0 Å². The zero-order valence-electron chi connectivity index (χ0n) is 33.8. The molecule has 0 spiro atoms. The van der Waals surface area contributed by atoms with E-state index in [9.17, 15) is 45.5 Å². The third-order valence-corrected chi connectivity index (χ3v) is 8.19. The number of amides is 4. The third-order valence-electron chi connectivity index (χ3n) is 8.19.